The number of hydrogen-bond donors (Lipinski definition) is 1. The predicted molar refractivity (Wildman–Crippen MR) is 107 cm³/mol. The summed E-state index contributed by atoms with van der Waals surface area (Å²) in [5.74, 6) is -0.830. The van der Waals surface area contributed by atoms with Gasteiger partial charge in [-0.1, -0.05) is 12.8 Å². The van der Waals surface area contributed by atoms with Gasteiger partial charge in [-0.2, -0.15) is 28.8 Å². The van der Waals surface area contributed by atoms with Gasteiger partial charge in [0, 0.05) is 18.5 Å². The molecule has 0 spiro atoms. The Labute approximate surface area is 176 Å². The summed E-state index contributed by atoms with van der Waals surface area (Å²) < 4.78 is 70.0. The van der Waals surface area contributed by atoms with E-state index in [9.17, 15) is 26.4 Å². The van der Waals surface area contributed by atoms with Crippen LogP contribution in [-0.4, -0.2) is 44.5 Å². The fourth-order valence-electron chi connectivity index (χ4n) is 3.07. The van der Waals surface area contributed by atoms with E-state index in [0.717, 1.165) is 37.8 Å². The van der Waals surface area contributed by atoms with Crippen LogP contribution >= 0.6 is 11.3 Å². The number of thiophene rings is 1. The van der Waals surface area contributed by atoms with Gasteiger partial charge >= 0.3 is 6.18 Å². The molecule has 0 saturated carbocycles. The maximum absolute atomic E-state index is 13.0. The van der Waals surface area contributed by atoms with Crippen molar-refractivity contribution in [3.8, 4) is 5.75 Å². The van der Waals surface area contributed by atoms with Gasteiger partial charge in [0.2, 0.25) is 10.0 Å². The van der Waals surface area contributed by atoms with Crippen molar-refractivity contribution in [3.05, 3.63) is 40.6 Å². The fraction of sp³-hybridized carbons (Fsp3) is 0.421. The van der Waals surface area contributed by atoms with Gasteiger partial charge in [-0.05, 0) is 42.5 Å². The van der Waals surface area contributed by atoms with Crippen LogP contribution in [0.5, 0.6) is 5.75 Å². The third kappa shape index (κ3) is 5.73. The Balaban J connectivity index is 1.92. The van der Waals surface area contributed by atoms with E-state index in [1.54, 1.807) is 16.8 Å². The zero-order valence-corrected chi connectivity index (χ0v) is 17.6. The highest BCUT2D eigenvalue weighted by atomic mass is 32.2. The maximum atomic E-state index is 13.0. The molecule has 1 N–H and O–H groups in total. The predicted octanol–water partition coefficient (Wildman–Crippen LogP) is 4.51. The highest BCUT2D eigenvalue weighted by molar-refractivity contribution is 7.89. The first-order valence-corrected chi connectivity index (χ1v) is 11.7. The van der Waals surface area contributed by atoms with Crippen molar-refractivity contribution >= 4 is 33.0 Å². The summed E-state index contributed by atoms with van der Waals surface area (Å²) in [6, 6.07) is 5.04. The summed E-state index contributed by atoms with van der Waals surface area (Å²) in [7, 11) is -3.85. The first-order chi connectivity index (χ1) is 14.2. The standard InChI is InChI=1S/C19H21F3N2O4S2/c20-19(21,22)13-28-17-6-5-15(30(26,27)24-8-3-1-2-4-9-24)11-16(17)23-18(25)14-7-10-29-12-14/h5-7,10-12H,1-4,8-9,13H2,(H,23,25). The summed E-state index contributed by atoms with van der Waals surface area (Å²) >= 11 is 1.28. The van der Waals surface area contributed by atoms with Crippen LogP contribution in [-0.2, 0) is 10.0 Å². The van der Waals surface area contributed by atoms with E-state index in [1.165, 1.54) is 21.7 Å². The number of halogens is 3. The Morgan fingerprint density at radius 2 is 1.83 bits per heavy atom. The average Bonchev–Trinajstić information content (AvgIpc) is 3.08. The van der Waals surface area contributed by atoms with Gasteiger partial charge in [0.15, 0.2) is 6.61 Å². The largest absolute Gasteiger partial charge is 0.482 e. The topological polar surface area (TPSA) is 75.7 Å². The molecule has 1 fully saturated rings. The summed E-state index contributed by atoms with van der Waals surface area (Å²) in [4.78, 5) is 12.3. The molecule has 0 unspecified atom stereocenters. The lowest BCUT2D eigenvalue weighted by Crippen LogP contribution is -2.32. The molecule has 0 atom stereocenters. The van der Waals surface area contributed by atoms with Crippen molar-refractivity contribution in [2.75, 3.05) is 25.0 Å². The minimum absolute atomic E-state index is 0.107. The first kappa shape index (κ1) is 22.6. The number of benzene rings is 1. The van der Waals surface area contributed by atoms with Crippen LogP contribution < -0.4 is 10.1 Å². The molecule has 1 amide bonds. The number of sulfonamides is 1. The van der Waals surface area contributed by atoms with E-state index < -0.39 is 28.7 Å². The Bertz CT molecular complexity index is 968. The van der Waals surface area contributed by atoms with E-state index in [1.807, 2.05) is 0 Å². The molecule has 2 heterocycles. The second kappa shape index (κ2) is 9.36. The monoisotopic (exact) mass is 462 g/mol. The van der Waals surface area contributed by atoms with E-state index >= 15 is 0 Å². The Morgan fingerprint density at radius 1 is 1.13 bits per heavy atom. The molecule has 1 saturated heterocycles. The lowest BCUT2D eigenvalue weighted by molar-refractivity contribution is -0.153. The Kier molecular flexibility index (Phi) is 7.04. The molecule has 0 aliphatic carbocycles. The lowest BCUT2D eigenvalue weighted by atomic mass is 10.2. The maximum Gasteiger partial charge on any atom is 0.422 e. The molecule has 164 valence electrons. The number of nitrogens with one attached hydrogen (secondary N) is 1. The highest BCUT2D eigenvalue weighted by Crippen LogP contribution is 2.32. The van der Waals surface area contributed by atoms with Crippen molar-refractivity contribution in [2.24, 2.45) is 0 Å². The van der Waals surface area contributed by atoms with Gasteiger partial charge in [-0.15, -0.1) is 0 Å². The molecule has 1 aromatic heterocycles. The summed E-state index contributed by atoms with van der Waals surface area (Å²) in [6.07, 6.45) is -1.21. The van der Waals surface area contributed by atoms with Crippen molar-refractivity contribution < 1.29 is 31.1 Å². The molecular formula is C19H21F3N2O4S2. The summed E-state index contributed by atoms with van der Waals surface area (Å²) in [5.41, 5.74) is 0.175. The molecule has 30 heavy (non-hydrogen) atoms. The quantitative estimate of drug-likeness (QED) is 0.686. The van der Waals surface area contributed by atoms with Crippen LogP contribution in [0.15, 0.2) is 39.9 Å². The molecule has 0 bridgehead atoms. The summed E-state index contributed by atoms with van der Waals surface area (Å²) in [6.45, 7) is -0.803. The van der Waals surface area contributed by atoms with Crippen LogP contribution in [0.2, 0.25) is 0 Å². The number of anilines is 1. The molecule has 1 aliphatic heterocycles. The van der Waals surface area contributed by atoms with Crippen LogP contribution in [0.1, 0.15) is 36.0 Å². The molecule has 0 radical (unpaired) electrons. The van der Waals surface area contributed by atoms with Gasteiger partial charge in [0.25, 0.3) is 5.91 Å². The van der Waals surface area contributed by atoms with E-state index in [4.69, 9.17) is 4.74 Å². The molecule has 1 aliphatic rings. The van der Waals surface area contributed by atoms with E-state index in [0.29, 0.717) is 18.7 Å². The number of amides is 1. The van der Waals surface area contributed by atoms with Crippen molar-refractivity contribution in [2.45, 2.75) is 36.8 Å². The number of rotatable bonds is 6. The van der Waals surface area contributed by atoms with Crippen LogP contribution in [0.3, 0.4) is 0 Å². The smallest absolute Gasteiger partial charge is 0.422 e. The van der Waals surface area contributed by atoms with Crippen LogP contribution in [0.25, 0.3) is 0 Å². The Hall–Kier alpha value is -2.11. The minimum Gasteiger partial charge on any atom is -0.482 e. The van der Waals surface area contributed by atoms with Gasteiger partial charge in [-0.3, -0.25) is 4.79 Å². The van der Waals surface area contributed by atoms with Crippen LogP contribution in [0.4, 0.5) is 18.9 Å². The fourth-order valence-corrected chi connectivity index (χ4v) is 5.25. The van der Waals surface area contributed by atoms with Crippen molar-refractivity contribution in [1.82, 2.24) is 4.31 Å². The second-order valence-corrected chi connectivity index (χ2v) is 9.56. The molecule has 6 nitrogen and oxygen atoms in total. The number of carbonyl (C=O) groups excluding carboxylic acids is 1. The van der Waals surface area contributed by atoms with E-state index in [2.05, 4.69) is 5.32 Å². The number of nitrogens with zero attached hydrogens (tertiary/aromatic N) is 1. The van der Waals surface area contributed by atoms with Gasteiger partial charge in [0.05, 0.1) is 16.1 Å². The lowest BCUT2D eigenvalue weighted by Gasteiger charge is -2.21. The van der Waals surface area contributed by atoms with Gasteiger partial charge < -0.3 is 10.1 Å². The first-order valence-electron chi connectivity index (χ1n) is 9.34. The van der Waals surface area contributed by atoms with Crippen LogP contribution in [0, 0.1) is 0 Å². The molecule has 2 aromatic rings. The SMILES string of the molecule is O=C(Nc1cc(S(=O)(=O)N2CCCCCC2)ccc1OCC(F)(F)F)c1ccsc1. The summed E-state index contributed by atoms with van der Waals surface area (Å²) in [5, 5.41) is 5.72. The zero-order chi connectivity index (χ0) is 21.8. The second-order valence-electron chi connectivity index (χ2n) is 6.85. The van der Waals surface area contributed by atoms with Gasteiger partial charge in [-0.25, -0.2) is 8.42 Å². The third-order valence-corrected chi connectivity index (χ3v) is 7.15. The van der Waals surface area contributed by atoms with Crippen molar-refractivity contribution in [3.63, 3.8) is 0 Å². The van der Waals surface area contributed by atoms with Gasteiger partial charge in [0.1, 0.15) is 5.75 Å². The molecule has 11 heteroatoms. The van der Waals surface area contributed by atoms with Crippen molar-refractivity contribution in [1.29, 1.82) is 0 Å². The number of alkyl halides is 3. The van der Waals surface area contributed by atoms with E-state index in [-0.39, 0.29) is 16.3 Å². The zero-order valence-electron chi connectivity index (χ0n) is 15.9. The normalized spacial score (nSPS) is 16.1. The highest BCUT2D eigenvalue weighted by Gasteiger charge is 2.30. The average molecular weight is 463 g/mol. The number of ether oxygens (including phenoxy) is 1. The number of carbonyl (C=O) groups is 1. The molecular weight excluding hydrogens is 441 g/mol. The number of hydrogen-bond acceptors (Lipinski definition) is 5. The molecule has 3 rings (SSSR count). The third-order valence-electron chi connectivity index (χ3n) is 4.58. The minimum atomic E-state index is -4.58. The Morgan fingerprint density at radius 3 is 2.43 bits per heavy atom. The molecule has 1 aromatic carbocycles.